The number of hydrogen-bond donors (Lipinski definition) is 1. The lowest BCUT2D eigenvalue weighted by Crippen LogP contribution is -2.20. The molecule has 0 aliphatic heterocycles. The summed E-state index contributed by atoms with van der Waals surface area (Å²) in [5.41, 5.74) is 9.77. The maximum Gasteiger partial charge on any atom is 0.159 e. The Labute approximate surface area is 238 Å². The van der Waals surface area contributed by atoms with E-state index in [4.69, 9.17) is 4.42 Å². The predicted molar refractivity (Wildman–Crippen MR) is 168 cm³/mol. The largest absolute Gasteiger partial charge is 0.454 e. The molecule has 0 bridgehead atoms. The molecule has 1 heterocycles. The zero-order valence-corrected chi connectivity index (χ0v) is 22.6. The molecule has 196 valence electrons. The van der Waals surface area contributed by atoms with E-state index in [-0.39, 0.29) is 0 Å². The van der Waals surface area contributed by atoms with E-state index in [1.165, 1.54) is 0 Å². The summed E-state index contributed by atoms with van der Waals surface area (Å²) in [4.78, 5) is 2.25. The van der Waals surface area contributed by atoms with Crippen LogP contribution in [0.4, 0.5) is 17.1 Å². The minimum atomic E-state index is -1.09. The van der Waals surface area contributed by atoms with Gasteiger partial charge in [-0.25, -0.2) is 0 Å². The fourth-order valence-electron chi connectivity index (χ4n) is 6.39. The predicted octanol–water partition coefficient (Wildman–Crippen LogP) is 9.96. The Kier molecular flexibility index (Phi) is 5.18. The lowest BCUT2D eigenvalue weighted by Gasteiger charge is -2.28. The molecule has 0 spiro atoms. The van der Waals surface area contributed by atoms with Crippen LogP contribution in [0.3, 0.4) is 0 Å². The molecule has 7 aromatic rings. The number of benzene rings is 6. The maximum atomic E-state index is 11.8. The molecule has 0 fully saturated rings. The second kappa shape index (κ2) is 8.95. The number of furan rings is 1. The average molecular weight is 530 g/mol. The number of para-hydroxylation sites is 2. The van der Waals surface area contributed by atoms with E-state index in [1.54, 1.807) is 0 Å². The molecule has 1 aliphatic rings. The molecule has 0 saturated carbocycles. The van der Waals surface area contributed by atoms with Gasteiger partial charge in [0.05, 0.1) is 5.69 Å². The molecule has 0 saturated heterocycles. The zero-order valence-electron chi connectivity index (χ0n) is 22.6. The topological polar surface area (TPSA) is 36.6 Å². The van der Waals surface area contributed by atoms with Crippen molar-refractivity contribution in [3.63, 3.8) is 0 Å². The van der Waals surface area contributed by atoms with Gasteiger partial charge in [0.2, 0.25) is 0 Å². The standard InChI is InChI=1S/C38H27NO2/c1-38(40)33-18-7-5-15-29(33)30-22-21-28(24-34(30)38)39(27-14-9-13-26(23-27)25-11-3-2-4-12-25)35-19-10-17-32-31-16-6-8-20-36(31)41-37(32)35/h2-24,40H,1H3. The van der Waals surface area contributed by atoms with E-state index < -0.39 is 5.60 Å². The number of fused-ring (bicyclic) bond motifs is 6. The molecule has 1 aliphatic carbocycles. The summed E-state index contributed by atoms with van der Waals surface area (Å²) in [5.74, 6) is 0. The summed E-state index contributed by atoms with van der Waals surface area (Å²) in [6, 6.07) is 48.1. The van der Waals surface area contributed by atoms with Gasteiger partial charge in [0.15, 0.2) is 5.58 Å². The van der Waals surface area contributed by atoms with Crippen LogP contribution >= 0.6 is 0 Å². The first-order chi connectivity index (χ1) is 20.1. The van der Waals surface area contributed by atoms with Gasteiger partial charge in [-0.05, 0) is 76.7 Å². The fraction of sp³-hybridized carbons (Fsp3) is 0.0526. The Hall–Kier alpha value is -5.12. The summed E-state index contributed by atoms with van der Waals surface area (Å²) in [5, 5.41) is 13.9. The quantitative estimate of drug-likeness (QED) is 0.246. The van der Waals surface area contributed by atoms with Gasteiger partial charge in [0.25, 0.3) is 0 Å². The third-order valence-corrected chi connectivity index (χ3v) is 8.36. The van der Waals surface area contributed by atoms with Gasteiger partial charge in [-0.15, -0.1) is 0 Å². The van der Waals surface area contributed by atoms with Crippen LogP contribution in [0.5, 0.6) is 0 Å². The molecule has 1 aromatic heterocycles. The normalized spacial score (nSPS) is 15.7. The third-order valence-electron chi connectivity index (χ3n) is 8.36. The van der Waals surface area contributed by atoms with Gasteiger partial charge in [0, 0.05) is 22.1 Å². The first kappa shape index (κ1) is 23.7. The van der Waals surface area contributed by atoms with Crippen molar-refractivity contribution < 1.29 is 9.52 Å². The summed E-state index contributed by atoms with van der Waals surface area (Å²) < 4.78 is 6.52. The highest BCUT2D eigenvalue weighted by Gasteiger charge is 2.38. The molecule has 0 radical (unpaired) electrons. The second-order valence-corrected chi connectivity index (χ2v) is 10.9. The van der Waals surface area contributed by atoms with E-state index in [0.29, 0.717) is 0 Å². The van der Waals surface area contributed by atoms with Gasteiger partial charge in [0.1, 0.15) is 11.2 Å². The lowest BCUT2D eigenvalue weighted by atomic mass is 9.93. The van der Waals surface area contributed by atoms with Crippen molar-refractivity contribution in [2.24, 2.45) is 0 Å². The molecule has 1 unspecified atom stereocenters. The van der Waals surface area contributed by atoms with Crippen molar-refractivity contribution in [2.75, 3.05) is 4.90 Å². The molecular formula is C38H27NO2. The number of hydrogen-bond acceptors (Lipinski definition) is 3. The van der Waals surface area contributed by atoms with Crippen LogP contribution in [-0.2, 0) is 5.60 Å². The van der Waals surface area contributed by atoms with E-state index in [1.807, 2.05) is 49.4 Å². The highest BCUT2D eigenvalue weighted by Crippen LogP contribution is 2.50. The molecule has 0 amide bonds. The molecule has 8 rings (SSSR count). The average Bonchev–Trinajstić information content (AvgIpc) is 3.51. The van der Waals surface area contributed by atoms with Crippen LogP contribution in [0.2, 0.25) is 0 Å². The van der Waals surface area contributed by atoms with Crippen molar-refractivity contribution in [1.29, 1.82) is 0 Å². The third kappa shape index (κ3) is 3.63. The second-order valence-electron chi connectivity index (χ2n) is 10.9. The molecule has 6 aromatic carbocycles. The van der Waals surface area contributed by atoms with E-state index in [2.05, 4.69) is 102 Å². The van der Waals surface area contributed by atoms with Gasteiger partial charge >= 0.3 is 0 Å². The monoisotopic (exact) mass is 529 g/mol. The molecule has 3 nitrogen and oxygen atoms in total. The first-order valence-electron chi connectivity index (χ1n) is 13.9. The Morgan fingerprint density at radius 2 is 1.24 bits per heavy atom. The summed E-state index contributed by atoms with van der Waals surface area (Å²) in [6.45, 7) is 1.89. The maximum absolute atomic E-state index is 11.8. The van der Waals surface area contributed by atoms with E-state index in [0.717, 1.165) is 72.4 Å². The number of rotatable bonds is 4. The number of nitrogens with zero attached hydrogens (tertiary/aromatic N) is 1. The number of anilines is 3. The molecule has 41 heavy (non-hydrogen) atoms. The van der Waals surface area contributed by atoms with Crippen LogP contribution < -0.4 is 4.90 Å². The van der Waals surface area contributed by atoms with Crippen LogP contribution in [0.15, 0.2) is 144 Å². The highest BCUT2D eigenvalue weighted by molar-refractivity contribution is 6.10. The molecule has 1 N–H and O–H groups in total. The van der Waals surface area contributed by atoms with E-state index >= 15 is 0 Å². The van der Waals surface area contributed by atoms with E-state index in [9.17, 15) is 5.11 Å². The van der Waals surface area contributed by atoms with Crippen LogP contribution in [0.25, 0.3) is 44.2 Å². The van der Waals surface area contributed by atoms with Gasteiger partial charge in [-0.3, -0.25) is 0 Å². The molecule has 3 heteroatoms. The minimum absolute atomic E-state index is 0.828. The van der Waals surface area contributed by atoms with Crippen LogP contribution in [-0.4, -0.2) is 5.11 Å². The molecular weight excluding hydrogens is 502 g/mol. The Morgan fingerprint density at radius 1 is 0.561 bits per heavy atom. The summed E-state index contributed by atoms with van der Waals surface area (Å²) >= 11 is 0. The van der Waals surface area contributed by atoms with Gasteiger partial charge in [-0.1, -0.05) is 103 Å². The van der Waals surface area contributed by atoms with Gasteiger partial charge < -0.3 is 14.4 Å². The SMILES string of the molecule is CC1(O)c2ccccc2-c2ccc(N(c3cccc(-c4ccccc4)c3)c3cccc4c3oc3ccccc34)cc21. The summed E-state index contributed by atoms with van der Waals surface area (Å²) in [6.07, 6.45) is 0. The zero-order chi connectivity index (χ0) is 27.6. The Bertz CT molecular complexity index is 2090. The molecule has 1 atom stereocenters. The minimum Gasteiger partial charge on any atom is -0.454 e. The lowest BCUT2D eigenvalue weighted by molar-refractivity contribution is 0.107. The highest BCUT2D eigenvalue weighted by atomic mass is 16.3. The van der Waals surface area contributed by atoms with Crippen molar-refractivity contribution in [1.82, 2.24) is 0 Å². The van der Waals surface area contributed by atoms with Crippen LogP contribution in [0, 0.1) is 0 Å². The Morgan fingerprint density at radius 3 is 2.15 bits per heavy atom. The van der Waals surface area contributed by atoms with Gasteiger partial charge in [-0.2, -0.15) is 0 Å². The van der Waals surface area contributed by atoms with Crippen molar-refractivity contribution in [3.05, 3.63) is 151 Å². The smallest absolute Gasteiger partial charge is 0.159 e. The van der Waals surface area contributed by atoms with Crippen molar-refractivity contribution >= 4 is 39.0 Å². The van der Waals surface area contributed by atoms with Crippen molar-refractivity contribution in [2.45, 2.75) is 12.5 Å². The van der Waals surface area contributed by atoms with Crippen molar-refractivity contribution in [3.8, 4) is 22.3 Å². The fourth-order valence-corrected chi connectivity index (χ4v) is 6.39. The van der Waals surface area contributed by atoms with Crippen LogP contribution in [0.1, 0.15) is 18.1 Å². The first-order valence-corrected chi connectivity index (χ1v) is 13.9. The summed E-state index contributed by atoms with van der Waals surface area (Å²) in [7, 11) is 0. The number of aliphatic hydroxyl groups is 1. The Balaban J connectivity index is 1.38.